The number of para-hydroxylation sites is 2. The van der Waals surface area contributed by atoms with Crippen LogP contribution in [0.4, 0.5) is 0 Å². The largest absolute Gasteiger partial charge is 0.486 e. The molecule has 0 amide bonds. The molecular formula is C15H24O3Si. The molecule has 4 heteroatoms. The van der Waals surface area contributed by atoms with Crippen molar-refractivity contribution in [3.63, 3.8) is 0 Å². The van der Waals surface area contributed by atoms with Crippen LogP contribution >= 0.6 is 0 Å². The standard InChI is InChI=1S/C15H24O3Si/c1-15(2,3)19(4,5)17-11-12-10-16-13-8-6-7-9-14(13)18-12/h6-9,12H,10-11H2,1-5H3/t12-/m0/s1. The van der Waals surface area contributed by atoms with Gasteiger partial charge in [0.05, 0.1) is 6.61 Å². The van der Waals surface area contributed by atoms with Crippen LogP contribution in [0.3, 0.4) is 0 Å². The van der Waals surface area contributed by atoms with Crippen LogP contribution in [0.1, 0.15) is 20.8 Å². The predicted molar refractivity (Wildman–Crippen MR) is 79.5 cm³/mol. The van der Waals surface area contributed by atoms with Crippen molar-refractivity contribution in [2.75, 3.05) is 13.2 Å². The van der Waals surface area contributed by atoms with Gasteiger partial charge in [0.25, 0.3) is 0 Å². The smallest absolute Gasteiger partial charge is 0.192 e. The monoisotopic (exact) mass is 280 g/mol. The molecule has 1 aliphatic heterocycles. The minimum Gasteiger partial charge on any atom is -0.486 e. The second kappa shape index (κ2) is 5.17. The van der Waals surface area contributed by atoms with Crippen LogP contribution in [0.25, 0.3) is 0 Å². The molecule has 1 aliphatic rings. The van der Waals surface area contributed by atoms with Gasteiger partial charge in [-0.3, -0.25) is 0 Å². The second-order valence-electron chi connectivity index (χ2n) is 6.57. The van der Waals surface area contributed by atoms with Crippen molar-refractivity contribution in [1.29, 1.82) is 0 Å². The number of ether oxygens (including phenoxy) is 2. The molecule has 1 heterocycles. The van der Waals surface area contributed by atoms with Gasteiger partial charge in [-0.2, -0.15) is 0 Å². The highest BCUT2D eigenvalue weighted by atomic mass is 28.4. The molecule has 2 rings (SSSR count). The number of hydrogen-bond donors (Lipinski definition) is 0. The lowest BCUT2D eigenvalue weighted by molar-refractivity contribution is 0.0492. The third-order valence-corrected chi connectivity index (χ3v) is 8.50. The molecule has 19 heavy (non-hydrogen) atoms. The minimum absolute atomic E-state index is 0.0102. The molecule has 1 aromatic rings. The third kappa shape index (κ3) is 3.31. The zero-order chi connectivity index (χ0) is 14.1. The van der Waals surface area contributed by atoms with Crippen molar-refractivity contribution in [3.8, 4) is 11.5 Å². The number of rotatable bonds is 3. The molecule has 1 atom stereocenters. The van der Waals surface area contributed by atoms with Crippen molar-refractivity contribution in [3.05, 3.63) is 24.3 Å². The van der Waals surface area contributed by atoms with Gasteiger partial charge in [0.1, 0.15) is 6.61 Å². The van der Waals surface area contributed by atoms with Gasteiger partial charge in [0, 0.05) is 0 Å². The second-order valence-corrected chi connectivity index (χ2v) is 11.4. The van der Waals surface area contributed by atoms with Gasteiger partial charge in [-0.25, -0.2) is 0 Å². The SMILES string of the molecule is CC(C)(C)[Si](C)(C)OC[C@@H]1COc2ccccc2O1. The van der Waals surface area contributed by atoms with E-state index < -0.39 is 8.32 Å². The molecule has 1 aromatic carbocycles. The Bertz CT molecular complexity index is 437. The van der Waals surface area contributed by atoms with Crippen LogP contribution in [-0.2, 0) is 4.43 Å². The highest BCUT2D eigenvalue weighted by Crippen LogP contribution is 2.37. The summed E-state index contributed by atoms with van der Waals surface area (Å²) < 4.78 is 17.8. The first-order valence-corrected chi connectivity index (χ1v) is 9.73. The van der Waals surface area contributed by atoms with Crippen LogP contribution < -0.4 is 9.47 Å². The summed E-state index contributed by atoms with van der Waals surface area (Å²) in [4.78, 5) is 0. The summed E-state index contributed by atoms with van der Waals surface area (Å²) in [5, 5.41) is 0.223. The van der Waals surface area contributed by atoms with E-state index in [2.05, 4.69) is 33.9 Å². The van der Waals surface area contributed by atoms with Gasteiger partial charge < -0.3 is 13.9 Å². The fourth-order valence-corrected chi connectivity index (χ4v) is 2.70. The topological polar surface area (TPSA) is 27.7 Å². The van der Waals surface area contributed by atoms with Crippen molar-refractivity contribution >= 4 is 8.32 Å². The zero-order valence-corrected chi connectivity index (χ0v) is 13.5. The summed E-state index contributed by atoms with van der Waals surface area (Å²) in [7, 11) is -1.72. The maximum absolute atomic E-state index is 6.18. The van der Waals surface area contributed by atoms with E-state index in [4.69, 9.17) is 13.9 Å². The molecule has 0 saturated carbocycles. The Hall–Kier alpha value is -1.00. The fraction of sp³-hybridized carbons (Fsp3) is 0.600. The van der Waals surface area contributed by atoms with Gasteiger partial charge >= 0.3 is 0 Å². The summed E-state index contributed by atoms with van der Waals surface area (Å²) in [6.45, 7) is 12.4. The number of benzene rings is 1. The Labute approximate surface area is 117 Å². The number of hydrogen-bond acceptors (Lipinski definition) is 3. The van der Waals surface area contributed by atoms with E-state index in [0.29, 0.717) is 13.2 Å². The summed E-state index contributed by atoms with van der Waals surface area (Å²) >= 11 is 0. The van der Waals surface area contributed by atoms with Crippen molar-refractivity contribution in [2.45, 2.75) is 45.0 Å². The van der Waals surface area contributed by atoms with Crippen molar-refractivity contribution in [1.82, 2.24) is 0 Å². The molecule has 0 aliphatic carbocycles. The summed E-state index contributed by atoms with van der Waals surface area (Å²) in [6.07, 6.45) is -0.0102. The van der Waals surface area contributed by atoms with Crippen LogP contribution in [0.5, 0.6) is 11.5 Å². The van der Waals surface area contributed by atoms with E-state index in [1.807, 2.05) is 24.3 Å². The molecule has 0 aromatic heterocycles. The van der Waals surface area contributed by atoms with Crippen LogP contribution in [-0.4, -0.2) is 27.6 Å². The molecule has 0 N–H and O–H groups in total. The molecule has 3 nitrogen and oxygen atoms in total. The maximum atomic E-state index is 6.18. The van der Waals surface area contributed by atoms with E-state index in [0.717, 1.165) is 11.5 Å². The molecule has 0 unspecified atom stereocenters. The first kappa shape index (κ1) is 14.4. The average Bonchev–Trinajstić information content (AvgIpc) is 2.35. The molecule has 106 valence electrons. The third-order valence-electron chi connectivity index (χ3n) is 4.00. The van der Waals surface area contributed by atoms with E-state index in [1.54, 1.807) is 0 Å². The minimum atomic E-state index is -1.72. The zero-order valence-electron chi connectivity index (χ0n) is 12.5. The van der Waals surface area contributed by atoms with Crippen LogP contribution in [0.15, 0.2) is 24.3 Å². The Balaban J connectivity index is 1.93. The van der Waals surface area contributed by atoms with E-state index >= 15 is 0 Å². The summed E-state index contributed by atoms with van der Waals surface area (Å²) in [6, 6.07) is 7.78. The van der Waals surface area contributed by atoms with E-state index in [-0.39, 0.29) is 11.1 Å². The molecule has 0 saturated heterocycles. The van der Waals surface area contributed by atoms with Gasteiger partial charge in [-0.1, -0.05) is 32.9 Å². The molecule has 0 bridgehead atoms. The van der Waals surface area contributed by atoms with Crippen molar-refractivity contribution in [2.24, 2.45) is 0 Å². The fourth-order valence-electron chi connectivity index (χ4n) is 1.66. The molecule has 0 radical (unpaired) electrons. The highest BCUT2D eigenvalue weighted by molar-refractivity contribution is 6.74. The highest BCUT2D eigenvalue weighted by Gasteiger charge is 2.38. The quantitative estimate of drug-likeness (QED) is 0.787. The van der Waals surface area contributed by atoms with E-state index in [1.165, 1.54) is 0 Å². The van der Waals surface area contributed by atoms with Crippen LogP contribution in [0.2, 0.25) is 18.1 Å². The van der Waals surface area contributed by atoms with E-state index in [9.17, 15) is 0 Å². The Kier molecular flexibility index (Phi) is 3.92. The Morgan fingerprint density at radius 1 is 1.21 bits per heavy atom. The summed E-state index contributed by atoms with van der Waals surface area (Å²) in [5.41, 5.74) is 0. The Morgan fingerprint density at radius 3 is 2.47 bits per heavy atom. The maximum Gasteiger partial charge on any atom is 0.192 e. The molecule has 0 fully saturated rings. The van der Waals surface area contributed by atoms with Crippen molar-refractivity contribution < 1.29 is 13.9 Å². The van der Waals surface area contributed by atoms with Gasteiger partial charge in [-0.15, -0.1) is 0 Å². The van der Waals surface area contributed by atoms with Crippen LogP contribution in [0, 0.1) is 0 Å². The number of fused-ring (bicyclic) bond motifs is 1. The van der Waals surface area contributed by atoms with Gasteiger partial charge in [-0.05, 0) is 30.3 Å². The van der Waals surface area contributed by atoms with Gasteiger partial charge in [0.2, 0.25) is 0 Å². The Morgan fingerprint density at radius 2 is 1.84 bits per heavy atom. The van der Waals surface area contributed by atoms with Gasteiger partial charge in [0.15, 0.2) is 25.9 Å². The molecular weight excluding hydrogens is 256 g/mol. The lowest BCUT2D eigenvalue weighted by Gasteiger charge is -2.37. The first-order valence-electron chi connectivity index (χ1n) is 6.82. The lowest BCUT2D eigenvalue weighted by atomic mass is 10.2. The average molecular weight is 280 g/mol. The predicted octanol–water partition coefficient (Wildman–Crippen LogP) is 3.85. The lowest BCUT2D eigenvalue weighted by Crippen LogP contribution is -2.45. The summed E-state index contributed by atoms with van der Waals surface area (Å²) in [5.74, 6) is 1.64. The normalized spacial score (nSPS) is 19.3. The first-order chi connectivity index (χ1) is 8.79. The molecule has 0 spiro atoms.